The minimum absolute atomic E-state index is 0.394. The summed E-state index contributed by atoms with van der Waals surface area (Å²) in [6.07, 6.45) is 2.51. The summed E-state index contributed by atoms with van der Waals surface area (Å²) in [5, 5.41) is 4.40. The lowest BCUT2D eigenvalue weighted by molar-refractivity contribution is 0.364. The van der Waals surface area contributed by atoms with Crippen molar-refractivity contribution in [1.82, 2.24) is 10.2 Å². The fourth-order valence-electron chi connectivity index (χ4n) is 3.23. The molecule has 1 N–H and O–H groups in total. The van der Waals surface area contributed by atoms with Crippen molar-refractivity contribution in [2.24, 2.45) is 0 Å². The molecule has 0 bridgehead atoms. The quantitative estimate of drug-likeness (QED) is 0.852. The number of nitrogens with zero attached hydrogens (tertiary/aromatic N) is 1. The first-order chi connectivity index (χ1) is 10.8. The number of benzene rings is 2. The minimum Gasteiger partial charge on any atom is -0.360 e. The molecule has 1 heterocycles. The molecule has 4 rings (SSSR count). The van der Waals surface area contributed by atoms with E-state index in [1.54, 1.807) is 0 Å². The standard InChI is InChI=1S/C19H20N2S/c22-19(20-16-10-11-16)21-12-15-8-4-5-9-17(15)18(13-21)14-6-2-1-3-7-14/h1-9,16,18H,10-13H2,(H,20,22)/t18-/m0/s1. The predicted octanol–water partition coefficient (Wildman–Crippen LogP) is 3.67. The number of hydrogen-bond donors (Lipinski definition) is 1. The van der Waals surface area contributed by atoms with E-state index in [2.05, 4.69) is 64.8 Å². The molecule has 2 aromatic rings. The van der Waals surface area contributed by atoms with E-state index >= 15 is 0 Å². The first-order valence-electron chi connectivity index (χ1n) is 7.99. The monoisotopic (exact) mass is 308 g/mol. The maximum atomic E-state index is 5.64. The molecule has 2 aromatic carbocycles. The van der Waals surface area contributed by atoms with Gasteiger partial charge in [0.25, 0.3) is 0 Å². The van der Waals surface area contributed by atoms with Crippen LogP contribution >= 0.6 is 12.2 Å². The summed E-state index contributed by atoms with van der Waals surface area (Å²) >= 11 is 5.64. The molecular formula is C19H20N2S. The maximum Gasteiger partial charge on any atom is 0.169 e. The van der Waals surface area contributed by atoms with Gasteiger partial charge in [-0.15, -0.1) is 0 Å². The summed E-state index contributed by atoms with van der Waals surface area (Å²) in [5.41, 5.74) is 4.20. The summed E-state index contributed by atoms with van der Waals surface area (Å²) in [7, 11) is 0. The van der Waals surface area contributed by atoms with E-state index in [1.807, 2.05) is 0 Å². The van der Waals surface area contributed by atoms with E-state index in [4.69, 9.17) is 12.2 Å². The Morgan fingerprint density at radius 3 is 2.50 bits per heavy atom. The van der Waals surface area contributed by atoms with Gasteiger partial charge in [0.05, 0.1) is 0 Å². The molecule has 1 saturated carbocycles. The van der Waals surface area contributed by atoms with E-state index < -0.39 is 0 Å². The molecule has 0 saturated heterocycles. The Balaban J connectivity index is 1.65. The highest BCUT2D eigenvalue weighted by Gasteiger charge is 2.30. The van der Waals surface area contributed by atoms with Crippen LogP contribution in [0.4, 0.5) is 0 Å². The highest BCUT2D eigenvalue weighted by atomic mass is 32.1. The second-order valence-corrected chi connectivity index (χ2v) is 6.65. The Kier molecular flexibility index (Phi) is 3.59. The van der Waals surface area contributed by atoms with E-state index in [-0.39, 0.29) is 0 Å². The third-order valence-corrected chi connectivity index (χ3v) is 4.96. The SMILES string of the molecule is S=C(NC1CC1)N1Cc2ccccc2[C@H](c2ccccc2)C1. The zero-order valence-electron chi connectivity index (χ0n) is 12.5. The smallest absolute Gasteiger partial charge is 0.169 e. The molecule has 0 unspecified atom stereocenters. The van der Waals surface area contributed by atoms with Crippen LogP contribution in [0.3, 0.4) is 0 Å². The van der Waals surface area contributed by atoms with Crippen molar-refractivity contribution < 1.29 is 0 Å². The van der Waals surface area contributed by atoms with Crippen molar-refractivity contribution in [3.8, 4) is 0 Å². The van der Waals surface area contributed by atoms with Gasteiger partial charge in [-0.1, -0.05) is 54.6 Å². The Morgan fingerprint density at radius 2 is 1.73 bits per heavy atom. The van der Waals surface area contributed by atoms with Crippen LogP contribution in [0.15, 0.2) is 54.6 Å². The molecule has 0 spiro atoms. The van der Waals surface area contributed by atoms with E-state index in [9.17, 15) is 0 Å². The van der Waals surface area contributed by atoms with Crippen molar-refractivity contribution in [3.05, 3.63) is 71.3 Å². The van der Waals surface area contributed by atoms with Crippen LogP contribution in [0, 0.1) is 0 Å². The van der Waals surface area contributed by atoms with Crippen LogP contribution in [0.2, 0.25) is 0 Å². The molecule has 1 atom stereocenters. The molecule has 0 amide bonds. The summed E-state index contributed by atoms with van der Waals surface area (Å²) < 4.78 is 0. The average molecular weight is 308 g/mol. The topological polar surface area (TPSA) is 15.3 Å². The predicted molar refractivity (Wildman–Crippen MR) is 93.9 cm³/mol. The molecule has 1 fully saturated rings. The molecule has 0 aromatic heterocycles. The maximum absolute atomic E-state index is 5.64. The molecule has 1 aliphatic carbocycles. The lowest BCUT2D eigenvalue weighted by Crippen LogP contribution is -2.44. The molecule has 2 nitrogen and oxygen atoms in total. The number of rotatable bonds is 2. The lowest BCUT2D eigenvalue weighted by atomic mass is 9.85. The molecule has 1 aliphatic heterocycles. The second-order valence-electron chi connectivity index (χ2n) is 6.27. The Labute approximate surface area is 137 Å². The molecular weight excluding hydrogens is 288 g/mol. The summed E-state index contributed by atoms with van der Waals surface area (Å²) in [4.78, 5) is 2.33. The summed E-state index contributed by atoms with van der Waals surface area (Å²) in [5.74, 6) is 0.394. The van der Waals surface area contributed by atoms with Crippen LogP contribution in [-0.4, -0.2) is 22.6 Å². The fraction of sp³-hybridized carbons (Fsp3) is 0.316. The highest BCUT2D eigenvalue weighted by Crippen LogP contribution is 2.33. The van der Waals surface area contributed by atoms with Gasteiger partial charge in [0, 0.05) is 25.0 Å². The van der Waals surface area contributed by atoms with Gasteiger partial charge in [0.2, 0.25) is 0 Å². The van der Waals surface area contributed by atoms with Crippen LogP contribution in [-0.2, 0) is 6.54 Å². The van der Waals surface area contributed by atoms with E-state index in [0.29, 0.717) is 12.0 Å². The average Bonchev–Trinajstić information content (AvgIpc) is 3.38. The molecule has 2 aliphatic rings. The summed E-state index contributed by atoms with van der Waals surface area (Å²) in [6.45, 7) is 1.87. The third kappa shape index (κ3) is 2.73. The zero-order chi connectivity index (χ0) is 14.9. The minimum atomic E-state index is 0.394. The van der Waals surface area contributed by atoms with Gasteiger partial charge in [-0.2, -0.15) is 0 Å². The fourth-order valence-corrected chi connectivity index (χ4v) is 3.53. The van der Waals surface area contributed by atoms with Crippen molar-refractivity contribution in [2.75, 3.05) is 6.54 Å². The number of thiocarbonyl (C=S) groups is 1. The Hall–Kier alpha value is -1.87. The van der Waals surface area contributed by atoms with Gasteiger partial charge < -0.3 is 10.2 Å². The largest absolute Gasteiger partial charge is 0.360 e. The number of hydrogen-bond acceptors (Lipinski definition) is 1. The molecule has 112 valence electrons. The van der Waals surface area contributed by atoms with Gasteiger partial charge in [-0.05, 0) is 41.7 Å². The van der Waals surface area contributed by atoms with Gasteiger partial charge in [-0.3, -0.25) is 0 Å². The van der Waals surface area contributed by atoms with E-state index in [0.717, 1.165) is 18.2 Å². The number of fused-ring (bicyclic) bond motifs is 1. The highest BCUT2D eigenvalue weighted by molar-refractivity contribution is 7.80. The van der Waals surface area contributed by atoms with Crippen LogP contribution in [0.1, 0.15) is 35.4 Å². The number of nitrogens with one attached hydrogen (secondary N) is 1. The normalized spacial score (nSPS) is 20.4. The van der Waals surface area contributed by atoms with E-state index in [1.165, 1.54) is 29.5 Å². The zero-order valence-corrected chi connectivity index (χ0v) is 13.4. The third-order valence-electron chi connectivity index (χ3n) is 4.59. The van der Waals surface area contributed by atoms with Gasteiger partial charge in [0.1, 0.15) is 0 Å². The van der Waals surface area contributed by atoms with Crippen LogP contribution < -0.4 is 5.32 Å². The first kappa shape index (κ1) is 13.8. The van der Waals surface area contributed by atoms with Gasteiger partial charge in [-0.25, -0.2) is 0 Å². The van der Waals surface area contributed by atoms with Crippen molar-refractivity contribution in [1.29, 1.82) is 0 Å². The van der Waals surface area contributed by atoms with Crippen molar-refractivity contribution in [3.63, 3.8) is 0 Å². The Morgan fingerprint density at radius 1 is 1.00 bits per heavy atom. The molecule has 3 heteroatoms. The van der Waals surface area contributed by atoms with Crippen molar-refractivity contribution >= 4 is 17.3 Å². The van der Waals surface area contributed by atoms with Gasteiger partial charge in [0.15, 0.2) is 5.11 Å². The van der Waals surface area contributed by atoms with Crippen LogP contribution in [0.25, 0.3) is 0 Å². The Bertz CT molecular complexity index is 679. The lowest BCUT2D eigenvalue weighted by Gasteiger charge is -2.36. The second kappa shape index (κ2) is 5.73. The van der Waals surface area contributed by atoms with Crippen molar-refractivity contribution in [2.45, 2.75) is 31.3 Å². The molecule has 0 radical (unpaired) electrons. The summed E-state index contributed by atoms with van der Waals surface area (Å²) in [6, 6.07) is 20.2. The molecule has 22 heavy (non-hydrogen) atoms. The first-order valence-corrected chi connectivity index (χ1v) is 8.40. The van der Waals surface area contributed by atoms with Gasteiger partial charge >= 0.3 is 0 Å². The van der Waals surface area contributed by atoms with Crippen LogP contribution in [0.5, 0.6) is 0 Å².